The molecule has 1 aromatic heterocycles. The number of primary amides is 1. The first-order chi connectivity index (χ1) is 11.5. The number of nitrogens with two attached hydrogens (primary N) is 1. The number of carbonyl (C=O) groups excluding carboxylic acids is 2. The van der Waals surface area contributed by atoms with Gasteiger partial charge in [0.1, 0.15) is 10.8 Å². The first-order valence-corrected chi connectivity index (χ1v) is 8.71. The Hall–Kier alpha value is -2.34. The molecule has 0 aliphatic heterocycles. The van der Waals surface area contributed by atoms with Gasteiger partial charge in [0.05, 0.1) is 12.7 Å². The van der Waals surface area contributed by atoms with Crippen LogP contribution in [0, 0.1) is 5.92 Å². The van der Waals surface area contributed by atoms with Crippen molar-refractivity contribution in [2.75, 3.05) is 12.4 Å². The average molecular weight is 344 g/mol. The van der Waals surface area contributed by atoms with Gasteiger partial charge in [0.15, 0.2) is 0 Å². The van der Waals surface area contributed by atoms with E-state index in [1.165, 1.54) is 11.3 Å². The van der Waals surface area contributed by atoms with Crippen molar-refractivity contribution in [2.24, 2.45) is 11.7 Å². The lowest BCUT2D eigenvalue weighted by Crippen LogP contribution is -2.19. The minimum Gasteiger partial charge on any atom is -0.497 e. The molecule has 0 bridgehead atoms. The van der Waals surface area contributed by atoms with Gasteiger partial charge in [-0.3, -0.25) is 9.59 Å². The van der Waals surface area contributed by atoms with Crippen LogP contribution >= 0.6 is 11.3 Å². The standard InChI is InChI=1S/C18H20N2O3S/c1-10-6-7-13-14(8-10)24-18(15(13)16(19)21)20-17(22)11-4-3-5-12(9-11)23-2/h3-5,9-10H,6-8H2,1-2H3,(H2,19,21)(H,20,22). The van der Waals surface area contributed by atoms with E-state index >= 15 is 0 Å². The molecular weight excluding hydrogens is 324 g/mol. The third-order valence-corrected chi connectivity index (χ3v) is 5.49. The molecule has 3 N–H and O–H groups in total. The van der Waals surface area contributed by atoms with Crippen molar-refractivity contribution >= 4 is 28.2 Å². The summed E-state index contributed by atoms with van der Waals surface area (Å²) in [7, 11) is 1.55. The Morgan fingerprint density at radius 3 is 2.88 bits per heavy atom. The molecule has 0 spiro atoms. The van der Waals surface area contributed by atoms with Gasteiger partial charge in [0.25, 0.3) is 11.8 Å². The highest BCUT2D eigenvalue weighted by atomic mass is 32.1. The van der Waals surface area contributed by atoms with Crippen molar-refractivity contribution in [3.05, 3.63) is 45.8 Å². The number of hydrogen-bond donors (Lipinski definition) is 2. The van der Waals surface area contributed by atoms with Gasteiger partial charge in [0.2, 0.25) is 0 Å². The third-order valence-electron chi connectivity index (χ3n) is 4.32. The molecular formula is C18H20N2O3S. The number of anilines is 1. The summed E-state index contributed by atoms with van der Waals surface area (Å²) >= 11 is 1.46. The highest BCUT2D eigenvalue weighted by molar-refractivity contribution is 7.17. The van der Waals surface area contributed by atoms with Crippen LogP contribution in [-0.2, 0) is 12.8 Å². The number of thiophene rings is 1. The van der Waals surface area contributed by atoms with E-state index in [2.05, 4.69) is 12.2 Å². The molecule has 1 heterocycles. The Kier molecular flexibility index (Phi) is 4.57. The number of carbonyl (C=O) groups is 2. The molecule has 1 aromatic carbocycles. The number of rotatable bonds is 4. The highest BCUT2D eigenvalue weighted by Crippen LogP contribution is 2.39. The summed E-state index contributed by atoms with van der Waals surface area (Å²) in [5.41, 5.74) is 7.53. The maximum absolute atomic E-state index is 12.5. The number of fused-ring (bicyclic) bond motifs is 1. The predicted molar refractivity (Wildman–Crippen MR) is 95.0 cm³/mol. The largest absolute Gasteiger partial charge is 0.497 e. The van der Waals surface area contributed by atoms with E-state index in [1.807, 2.05) is 0 Å². The highest BCUT2D eigenvalue weighted by Gasteiger charge is 2.27. The molecule has 0 radical (unpaired) electrons. The van der Waals surface area contributed by atoms with Crippen molar-refractivity contribution in [2.45, 2.75) is 26.2 Å². The monoisotopic (exact) mass is 344 g/mol. The van der Waals surface area contributed by atoms with Gasteiger partial charge in [-0.2, -0.15) is 0 Å². The second-order valence-electron chi connectivity index (χ2n) is 6.11. The van der Waals surface area contributed by atoms with Crippen LogP contribution in [0.5, 0.6) is 5.75 Å². The normalized spacial score (nSPS) is 16.3. The topological polar surface area (TPSA) is 81.4 Å². The fourth-order valence-corrected chi connectivity index (χ4v) is 4.45. The lowest BCUT2D eigenvalue weighted by molar-refractivity contribution is 0.1000. The van der Waals surface area contributed by atoms with Gasteiger partial charge in [-0.15, -0.1) is 11.3 Å². The summed E-state index contributed by atoms with van der Waals surface area (Å²) in [5, 5.41) is 3.41. The molecule has 0 fully saturated rings. The molecule has 2 aromatic rings. The number of nitrogens with one attached hydrogen (secondary N) is 1. The Morgan fingerprint density at radius 2 is 2.17 bits per heavy atom. The molecule has 126 valence electrons. The molecule has 5 nitrogen and oxygen atoms in total. The zero-order valence-electron chi connectivity index (χ0n) is 13.7. The minimum atomic E-state index is -0.483. The Bertz CT molecular complexity index is 798. The van der Waals surface area contributed by atoms with Gasteiger partial charge in [-0.1, -0.05) is 13.0 Å². The summed E-state index contributed by atoms with van der Waals surface area (Å²) in [6, 6.07) is 6.90. The van der Waals surface area contributed by atoms with E-state index in [1.54, 1.807) is 31.4 Å². The lowest BCUT2D eigenvalue weighted by Gasteiger charge is -2.18. The number of amides is 2. The van der Waals surface area contributed by atoms with E-state index < -0.39 is 5.91 Å². The van der Waals surface area contributed by atoms with E-state index in [0.29, 0.717) is 27.8 Å². The molecule has 1 unspecified atom stereocenters. The van der Waals surface area contributed by atoms with Crippen molar-refractivity contribution in [3.63, 3.8) is 0 Å². The summed E-state index contributed by atoms with van der Waals surface area (Å²) < 4.78 is 5.14. The first-order valence-electron chi connectivity index (χ1n) is 7.89. The fourth-order valence-electron chi connectivity index (χ4n) is 3.04. The minimum absolute atomic E-state index is 0.275. The molecule has 3 rings (SSSR count). The van der Waals surface area contributed by atoms with Gasteiger partial charge in [-0.25, -0.2) is 0 Å². The van der Waals surface area contributed by atoms with Gasteiger partial charge >= 0.3 is 0 Å². The SMILES string of the molecule is COc1cccc(C(=O)Nc2sc3c(c2C(N)=O)CCC(C)C3)c1. The van der Waals surface area contributed by atoms with Crippen LogP contribution in [0.25, 0.3) is 0 Å². The number of benzene rings is 1. The van der Waals surface area contributed by atoms with E-state index in [-0.39, 0.29) is 5.91 Å². The second-order valence-corrected chi connectivity index (χ2v) is 7.21. The van der Waals surface area contributed by atoms with Gasteiger partial charge < -0.3 is 15.8 Å². The van der Waals surface area contributed by atoms with E-state index in [9.17, 15) is 9.59 Å². The molecule has 1 atom stereocenters. The molecule has 1 aliphatic carbocycles. The maximum atomic E-state index is 12.5. The summed E-state index contributed by atoms with van der Waals surface area (Å²) in [5.74, 6) is 0.432. The van der Waals surface area contributed by atoms with Crippen LogP contribution in [-0.4, -0.2) is 18.9 Å². The number of methoxy groups -OCH3 is 1. The Balaban J connectivity index is 1.92. The van der Waals surface area contributed by atoms with Crippen LogP contribution in [0.2, 0.25) is 0 Å². The van der Waals surface area contributed by atoms with E-state index in [4.69, 9.17) is 10.5 Å². The maximum Gasteiger partial charge on any atom is 0.256 e. The smallest absolute Gasteiger partial charge is 0.256 e. The summed E-state index contributed by atoms with van der Waals surface area (Å²) in [6.07, 6.45) is 2.79. The summed E-state index contributed by atoms with van der Waals surface area (Å²) in [6.45, 7) is 2.20. The van der Waals surface area contributed by atoms with Crippen LogP contribution in [0.4, 0.5) is 5.00 Å². The zero-order chi connectivity index (χ0) is 17.3. The van der Waals surface area contributed by atoms with Gasteiger partial charge in [0, 0.05) is 10.4 Å². The number of ether oxygens (including phenoxy) is 1. The fraction of sp³-hybridized carbons (Fsp3) is 0.333. The number of hydrogen-bond acceptors (Lipinski definition) is 4. The zero-order valence-corrected chi connectivity index (χ0v) is 14.5. The second kappa shape index (κ2) is 6.65. The third kappa shape index (κ3) is 3.14. The lowest BCUT2D eigenvalue weighted by atomic mass is 9.88. The van der Waals surface area contributed by atoms with Crippen LogP contribution in [0.15, 0.2) is 24.3 Å². The van der Waals surface area contributed by atoms with Crippen molar-refractivity contribution in [1.29, 1.82) is 0 Å². The molecule has 1 aliphatic rings. The van der Waals surface area contributed by atoms with Crippen LogP contribution < -0.4 is 15.8 Å². The van der Waals surface area contributed by atoms with Crippen molar-refractivity contribution < 1.29 is 14.3 Å². The van der Waals surface area contributed by atoms with Crippen molar-refractivity contribution in [1.82, 2.24) is 0 Å². The quantitative estimate of drug-likeness (QED) is 0.893. The Labute approximate surface area is 144 Å². The summed E-state index contributed by atoms with van der Waals surface area (Å²) in [4.78, 5) is 25.6. The predicted octanol–water partition coefficient (Wildman–Crippen LogP) is 3.23. The first kappa shape index (κ1) is 16.5. The Morgan fingerprint density at radius 1 is 1.38 bits per heavy atom. The van der Waals surface area contributed by atoms with Crippen LogP contribution in [0.1, 0.15) is 44.5 Å². The molecule has 0 saturated carbocycles. The van der Waals surface area contributed by atoms with Crippen LogP contribution in [0.3, 0.4) is 0 Å². The van der Waals surface area contributed by atoms with E-state index in [0.717, 1.165) is 29.7 Å². The molecule has 24 heavy (non-hydrogen) atoms. The van der Waals surface area contributed by atoms with Gasteiger partial charge in [-0.05, 0) is 48.9 Å². The van der Waals surface area contributed by atoms with Crippen molar-refractivity contribution in [3.8, 4) is 5.75 Å². The molecule has 0 saturated heterocycles. The average Bonchev–Trinajstić information content (AvgIpc) is 2.91. The molecule has 6 heteroatoms. The molecule has 2 amide bonds.